The molecule has 4 N–H and O–H groups in total. The molecule has 5 heteroatoms. The van der Waals surface area contributed by atoms with Gasteiger partial charge in [0.25, 0.3) is 0 Å². The third-order valence-electron chi connectivity index (χ3n) is 2.54. The van der Waals surface area contributed by atoms with Crippen LogP contribution in [0.25, 0.3) is 0 Å². The van der Waals surface area contributed by atoms with E-state index < -0.39 is 6.04 Å². The topological polar surface area (TPSA) is 84.2 Å². The van der Waals surface area contributed by atoms with Crippen LogP contribution in [0.5, 0.6) is 0 Å². The van der Waals surface area contributed by atoms with Crippen LogP contribution >= 0.6 is 0 Å². The molecular formula is C14H17N3O2. The molecule has 1 aromatic rings. The lowest BCUT2D eigenvalue weighted by atomic mass is 10.1. The van der Waals surface area contributed by atoms with Crippen LogP contribution in [0.4, 0.5) is 5.69 Å². The molecule has 19 heavy (non-hydrogen) atoms. The molecule has 0 heterocycles. The predicted octanol–water partition coefficient (Wildman–Crippen LogP) is 0.264. The number of rotatable bonds is 5. The van der Waals surface area contributed by atoms with Crippen molar-refractivity contribution in [3.8, 4) is 12.3 Å². The number of terminal acetylenes is 1. The van der Waals surface area contributed by atoms with Gasteiger partial charge in [-0.15, -0.1) is 12.3 Å². The van der Waals surface area contributed by atoms with Gasteiger partial charge in [-0.3, -0.25) is 9.59 Å². The van der Waals surface area contributed by atoms with Crippen molar-refractivity contribution in [2.45, 2.75) is 18.9 Å². The number of carbonyl (C=O) groups is 2. The van der Waals surface area contributed by atoms with E-state index in [4.69, 9.17) is 12.2 Å². The summed E-state index contributed by atoms with van der Waals surface area (Å²) in [5.74, 6) is 1.96. The molecule has 2 amide bonds. The van der Waals surface area contributed by atoms with E-state index in [1.54, 1.807) is 31.3 Å². The van der Waals surface area contributed by atoms with Crippen molar-refractivity contribution in [2.75, 3.05) is 12.4 Å². The smallest absolute Gasteiger partial charge is 0.242 e. The molecule has 0 radical (unpaired) electrons. The average molecular weight is 259 g/mol. The fraction of sp³-hybridized carbons (Fsp3) is 0.286. The van der Waals surface area contributed by atoms with Gasteiger partial charge in [0, 0.05) is 19.2 Å². The molecule has 0 aromatic heterocycles. The number of benzene rings is 1. The van der Waals surface area contributed by atoms with Gasteiger partial charge >= 0.3 is 0 Å². The quantitative estimate of drug-likeness (QED) is 0.663. The predicted molar refractivity (Wildman–Crippen MR) is 74.3 cm³/mol. The highest BCUT2D eigenvalue weighted by Gasteiger charge is 2.11. The second kappa shape index (κ2) is 7.19. The van der Waals surface area contributed by atoms with Gasteiger partial charge in [0.15, 0.2) is 0 Å². The summed E-state index contributed by atoms with van der Waals surface area (Å²) in [4.78, 5) is 22.8. The van der Waals surface area contributed by atoms with Crippen molar-refractivity contribution < 1.29 is 9.59 Å². The maximum atomic E-state index is 11.6. The number of amides is 2. The zero-order valence-electron chi connectivity index (χ0n) is 10.8. The van der Waals surface area contributed by atoms with Crippen molar-refractivity contribution in [1.29, 1.82) is 0 Å². The second-order valence-electron chi connectivity index (χ2n) is 4.05. The fourth-order valence-corrected chi connectivity index (χ4v) is 1.43. The monoisotopic (exact) mass is 259 g/mol. The van der Waals surface area contributed by atoms with Crippen LogP contribution in [-0.2, 0) is 16.0 Å². The highest BCUT2D eigenvalue weighted by Crippen LogP contribution is 2.10. The van der Waals surface area contributed by atoms with Crippen LogP contribution in [0.3, 0.4) is 0 Å². The first-order valence-electron chi connectivity index (χ1n) is 5.86. The molecule has 0 saturated heterocycles. The number of anilines is 1. The SMILES string of the molecule is C#CCC(N)C(=O)Nc1ccc(CC(=O)NC)cc1. The Labute approximate surface area is 112 Å². The van der Waals surface area contributed by atoms with Gasteiger partial charge in [0.2, 0.25) is 11.8 Å². The van der Waals surface area contributed by atoms with Crippen LogP contribution in [0.1, 0.15) is 12.0 Å². The van der Waals surface area contributed by atoms with Crippen molar-refractivity contribution in [2.24, 2.45) is 5.73 Å². The van der Waals surface area contributed by atoms with Gasteiger partial charge in [-0.05, 0) is 17.7 Å². The molecule has 5 nitrogen and oxygen atoms in total. The minimum atomic E-state index is -0.712. The third-order valence-corrected chi connectivity index (χ3v) is 2.54. The number of hydrogen-bond acceptors (Lipinski definition) is 3. The molecule has 0 bridgehead atoms. The lowest BCUT2D eigenvalue weighted by Crippen LogP contribution is -2.35. The molecule has 100 valence electrons. The minimum Gasteiger partial charge on any atom is -0.359 e. The van der Waals surface area contributed by atoms with Crippen LogP contribution < -0.4 is 16.4 Å². The third kappa shape index (κ3) is 4.82. The molecule has 0 spiro atoms. The van der Waals surface area contributed by atoms with Gasteiger partial charge in [0.05, 0.1) is 12.5 Å². The summed E-state index contributed by atoms with van der Waals surface area (Å²) in [7, 11) is 1.59. The molecular weight excluding hydrogens is 242 g/mol. The van der Waals surface area contributed by atoms with E-state index in [0.29, 0.717) is 12.1 Å². The molecule has 0 saturated carbocycles. The first kappa shape index (κ1) is 14.7. The Morgan fingerprint density at radius 1 is 1.37 bits per heavy atom. The van der Waals surface area contributed by atoms with Crippen LogP contribution in [0.2, 0.25) is 0 Å². The van der Waals surface area contributed by atoms with Crippen LogP contribution in [0.15, 0.2) is 24.3 Å². The highest BCUT2D eigenvalue weighted by molar-refractivity contribution is 5.94. The number of nitrogens with two attached hydrogens (primary N) is 1. The minimum absolute atomic E-state index is 0.0622. The number of hydrogen-bond donors (Lipinski definition) is 3. The van der Waals surface area contributed by atoms with E-state index in [0.717, 1.165) is 5.56 Å². The maximum Gasteiger partial charge on any atom is 0.242 e. The molecule has 0 aliphatic heterocycles. The summed E-state index contributed by atoms with van der Waals surface area (Å²) in [5, 5.41) is 5.21. The second-order valence-corrected chi connectivity index (χ2v) is 4.05. The zero-order valence-corrected chi connectivity index (χ0v) is 10.8. The summed E-state index contributed by atoms with van der Waals surface area (Å²) in [6.45, 7) is 0. The van der Waals surface area contributed by atoms with Gasteiger partial charge < -0.3 is 16.4 Å². The molecule has 1 unspecified atom stereocenters. The summed E-state index contributed by atoms with van der Waals surface area (Å²) >= 11 is 0. The Bertz CT molecular complexity index is 488. The summed E-state index contributed by atoms with van der Waals surface area (Å²) in [6, 6.07) is 6.28. The Morgan fingerprint density at radius 3 is 2.53 bits per heavy atom. The lowest BCUT2D eigenvalue weighted by molar-refractivity contribution is -0.120. The van der Waals surface area contributed by atoms with E-state index in [1.807, 2.05) is 0 Å². The van der Waals surface area contributed by atoms with Gasteiger partial charge in [-0.1, -0.05) is 12.1 Å². The number of carbonyl (C=O) groups excluding carboxylic acids is 2. The van der Waals surface area contributed by atoms with Gasteiger partial charge in [-0.25, -0.2) is 0 Å². The first-order chi connectivity index (χ1) is 9.06. The molecule has 0 aliphatic carbocycles. The van der Waals surface area contributed by atoms with E-state index >= 15 is 0 Å². The first-order valence-corrected chi connectivity index (χ1v) is 5.86. The fourth-order valence-electron chi connectivity index (χ4n) is 1.43. The molecule has 1 aromatic carbocycles. The molecule has 0 fully saturated rings. The largest absolute Gasteiger partial charge is 0.359 e. The summed E-state index contributed by atoms with van der Waals surface area (Å²) in [5.41, 5.74) is 7.07. The Kier molecular flexibility index (Phi) is 5.58. The van der Waals surface area contributed by atoms with Crippen molar-refractivity contribution >= 4 is 17.5 Å². The average Bonchev–Trinajstić information content (AvgIpc) is 2.41. The van der Waals surface area contributed by atoms with E-state index in [2.05, 4.69) is 16.6 Å². The zero-order chi connectivity index (χ0) is 14.3. The van der Waals surface area contributed by atoms with Crippen molar-refractivity contribution in [1.82, 2.24) is 5.32 Å². The normalized spacial score (nSPS) is 11.2. The summed E-state index contributed by atoms with van der Waals surface area (Å²) < 4.78 is 0. The number of nitrogens with one attached hydrogen (secondary N) is 2. The standard InChI is InChI=1S/C14H17N3O2/c1-3-4-12(15)14(19)17-11-7-5-10(6-8-11)9-13(18)16-2/h1,5-8,12H,4,9,15H2,2H3,(H,16,18)(H,17,19). The molecule has 1 rings (SSSR count). The Balaban J connectivity index is 2.60. The van der Waals surface area contributed by atoms with E-state index in [9.17, 15) is 9.59 Å². The van der Waals surface area contributed by atoms with Crippen LogP contribution in [-0.4, -0.2) is 24.9 Å². The maximum absolute atomic E-state index is 11.6. The van der Waals surface area contributed by atoms with E-state index in [1.165, 1.54) is 0 Å². The Morgan fingerprint density at radius 2 is 2.00 bits per heavy atom. The van der Waals surface area contributed by atoms with Gasteiger partial charge in [-0.2, -0.15) is 0 Å². The molecule has 1 atom stereocenters. The highest BCUT2D eigenvalue weighted by atomic mass is 16.2. The van der Waals surface area contributed by atoms with E-state index in [-0.39, 0.29) is 18.2 Å². The molecule has 0 aliphatic rings. The lowest BCUT2D eigenvalue weighted by Gasteiger charge is -2.10. The van der Waals surface area contributed by atoms with Crippen molar-refractivity contribution in [3.63, 3.8) is 0 Å². The number of likely N-dealkylation sites (N-methyl/N-ethyl adjacent to an activating group) is 1. The van der Waals surface area contributed by atoms with Gasteiger partial charge in [0.1, 0.15) is 0 Å². The summed E-state index contributed by atoms with van der Waals surface area (Å²) in [6.07, 6.45) is 5.59. The Hall–Kier alpha value is -2.32. The van der Waals surface area contributed by atoms with Crippen LogP contribution in [0, 0.1) is 12.3 Å². The van der Waals surface area contributed by atoms with Crippen molar-refractivity contribution in [3.05, 3.63) is 29.8 Å².